The van der Waals surface area contributed by atoms with Crippen molar-refractivity contribution in [2.24, 2.45) is 0 Å². The third-order valence-corrected chi connectivity index (χ3v) is 5.19. The lowest BCUT2D eigenvalue weighted by molar-refractivity contribution is 0.0745. The number of aromatic amines is 1. The molecule has 2 aliphatic heterocycles. The highest BCUT2D eigenvalue weighted by Gasteiger charge is 2.29. The van der Waals surface area contributed by atoms with E-state index in [-0.39, 0.29) is 11.8 Å². The Morgan fingerprint density at radius 1 is 1.28 bits per heavy atom. The maximum absolute atomic E-state index is 12.9. The Kier molecular flexibility index (Phi) is 4.59. The number of hydrogen-bond donors (Lipinski definition) is 1. The summed E-state index contributed by atoms with van der Waals surface area (Å²) in [5.41, 5.74) is 2.55. The second-order valence-electron chi connectivity index (χ2n) is 6.36. The van der Waals surface area contributed by atoms with Gasteiger partial charge in [0.15, 0.2) is 0 Å². The number of nitrogens with zero attached hydrogens (tertiary/aromatic N) is 4. The summed E-state index contributed by atoms with van der Waals surface area (Å²) in [6, 6.07) is 1.91. The first-order valence-corrected chi connectivity index (χ1v) is 8.86. The van der Waals surface area contributed by atoms with E-state index >= 15 is 0 Å². The molecule has 0 radical (unpaired) electrons. The molecule has 132 valence electrons. The molecule has 1 amide bonds. The molecular formula is C17H20ClN5O2. The second kappa shape index (κ2) is 7.01. The van der Waals surface area contributed by atoms with Gasteiger partial charge in [-0.1, -0.05) is 11.6 Å². The molecule has 0 aromatic carbocycles. The smallest absolute Gasteiger partial charge is 0.257 e. The van der Waals surface area contributed by atoms with E-state index in [0.29, 0.717) is 30.3 Å². The Labute approximate surface area is 150 Å². The van der Waals surface area contributed by atoms with Crippen LogP contribution in [0.15, 0.2) is 24.7 Å². The minimum absolute atomic E-state index is 0.0381. The minimum Gasteiger partial charge on any atom is -0.381 e. The zero-order valence-electron chi connectivity index (χ0n) is 13.8. The Balaban J connectivity index is 1.44. The van der Waals surface area contributed by atoms with E-state index in [4.69, 9.17) is 16.3 Å². The molecule has 0 spiro atoms. The van der Waals surface area contributed by atoms with Crippen molar-refractivity contribution in [1.82, 2.24) is 20.1 Å². The fourth-order valence-corrected chi connectivity index (χ4v) is 3.72. The number of nitrogens with one attached hydrogen (secondary N) is 1. The summed E-state index contributed by atoms with van der Waals surface area (Å²) in [6.45, 7) is 4.19. The summed E-state index contributed by atoms with van der Waals surface area (Å²) in [4.78, 5) is 21.0. The fraction of sp³-hybridized carbons (Fsp3) is 0.471. The molecule has 7 nitrogen and oxygen atoms in total. The third-order valence-electron chi connectivity index (χ3n) is 4.90. The number of ether oxygens (including phenoxy) is 1. The average molecular weight is 362 g/mol. The standard InChI is InChI=1S/C17H20ClN5O2/c18-14-10-19-3-1-15(14)22-4-6-23(7-5-22)17(24)13-9-20-21-16(13)12-2-8-25-11-12/h1,3,9-10,12H,2,4-8,11H2,(H,20,21)/t12-/m0/s1. The highest BCUT2D eigenvalue weighted by atomic mass is 35.5. The largest absolute Gasteiger partial charge is 0.381 e. The van der Waals surface area contributed by atoms with Crippen molar-refractivity contribution in [3.8, 4) is 0 Å². The van der Waals surface area contributed by atoms with Crippen LogP contribution in [-0.2, 0) is 4.74 Å². The molecule has 2 fully saturated rings. The van der Waals surface area contributed by atoms with Crippen LogP contribution in [-0.4, -0.2) is 65.4 Å². The van der Waals surface area contributed by atoms with Crippen LogP contribution < -0.4 is 4.90 Å². The van der Waals surface area contributed by atoms with Gasteiger partial charge in [0.25, 0.3) is 5.91 Å². The van der Waals surface area contributed by atoms with Crippen LogP contribution >= 0.6 is 11.6 Å². The van der Waals surface area contributed by atoms with Crippen LogP contribution in [0.1, 0.15) is 28.4 Å². The summed E-state index contributed by atoms with van der Waals surface area (Å²) in [5.74, 6) is 0.273. The SMILES string of the molecule is O=C(c1cn[nH]c1[C@H]1CCOC1)N1CCN(c2ccncc2Cl)CC1. The van der Waals surface area contributed by atoms with Crippen LogP contribution in [0.5, 0.6) is 0 Å². The number of rotatable bonds is 3. The molecule has 4 heterocycles. The molecule has 0 aliphatic carbocycles. The number of carbonyl (C=O) groups is 1. The van der Waals surface area contributed by atoms with Crippen molar-refractivity contribution >= 4 is 23.2 Å². The molecule has 2 saturated heterocycles. The van der Waals surface area contributed by atoms with Gasteiger partial charge >= 0.3 is 0 Å². The highest BCUT2D eigenvalue weighted by molar-refractivity contribution is 6.33. The van der Waals surface area contributed by atoms with Gasteiger partial charge in [-0.15, -0.1) is 0 Å². The van der Waals surface area contributed by atoms with Crippen LogP contribution in [0.4, 0.5) is 5.69 Å². The Hall–Kier alpha value is -2.12. The number of halogens is 1. The van der Waals surface area contributed by atoms with E-state index in [0.717, 1.165) is 37.5 Å². The summed E-state index contributed by atoms with van der Waals surface area (Å²) < 4.78 is 5.44. The average Bonchev–Trinajstić information content (AvgIpc) is 3.33. The number of piperazine rings is 1. The van der Waals surface area contributed by atoms with Crippen LogP contribution in [0, 0.1) is 0 Å². The molecule has 25 heavy (non-hydrogen) atoms. The Morgan fingerprint density at radius 2 is 2.12 bits per heavy atom. The van der Waals surface area contributed by atoms with E-state index in [2.05, 4.69) is 20.1 Å². The summed E-state index contributed by atoms with van der Waals surface area (Å²) in [7, 11) is 0. The molecule has 2 aliphatic rings. The van der Waals surface area contributed by atoms with E-state index in [9.17, 15) is 4.79 Å². The number of hydrogen-bond acceptors (Lipinski definition) is 5. The number of pyridine rings is 1. The van der Waals surface area contributed by atoms with E-state index in [1.54, 1.807) is 18.6 Å². The van der Waals surface area contributed by atoms with Gasteiger partial charge in [0.1, 0.15) is 0 Å². The van der Waals surface area contributed by atoms with Crippen molar-refractivity contribution in [2.75, 3.05) is 44.3 Å². The fourth-order valence-electron chi connectivity index (χ4n) is 3.49. The molecule has 1 atom stereocenters. The third kappa shape index (κ3) is 3.21. The topological polar surface area (TPSA) is 74.4 Å². The predicted octanol–water partition coefficient (Wildman–Crippen LogP) is 1.92. The van der Waals surface area contributed by atoms with E-state index < -0.39 is 0 Å². The van der Waals surface area contributed by atoms with Crippen molar-refractivity contribution in [2.45, 2.75) is 12.3 Å². The van der Waals surface area contributed by atoms with Crippen molar-refractivity contribution in [3.63, 3.8) is 0 Å². The monoisotopic (exact) mass is 361 g/mol. The first kappa shape index (κ1) is 16.4. The molecule has 8 heteroatoms. The number of H-pyrrole nitrogens is 1. The minimum atomic E-state index is 0.0381. The molecule has 1 N–H and O–H groups in total. The number of aromatic nitrogens is 3. The van der Waals surface area contributed by atoms with Gasteiger partial charge in [0.05, 0.1) is 34.8 Å². The number of anilines is 1. The lowest BCUT2D eigenvalue weighted by Gasteiger charge is -2.36. The molecule has 2 aromatic heterocycles. The second-order valence-corrected chi connectivity index (χ2v) is 6.77. The van der Waals surface area contributed by atoms with Gasteiger partial charge in [-0.2, -0.15) is 5.10 Å². The molecule has 0 unspecified atom stereocenters. The zero-order valence-corrected chi connectivity index (χ0v) is 14.6. The molecule has 2 aromatic rings. The lowest BCUT2D eigenvalue weighted by atomic mass is 10.0. The van der Waals surface area contributed by atoms with Gasteiger partial charge in [0, 0.05) is 51.1 Å². The van der Waals surface area contributed by atoms with Gasteiger partial charge < -0.3 is 14.5 Å². The van der Waals surface area contributed by atoms with Crippen LogP contribution in [0.2, 0.25) is 5.02 Å². The predicted molar refractivity (Wildman–Crippen MR) is 94.1 cm³/mol. The van der Waals surface area contributed by atoms with Crippen molar-refractivity contribution in [3.05, 3.63) is 40.9 Å². The first-order valence-electron chi connectivity index (χ1n) is 8.49. The first-order chi connectivity index (χ1) is 12.2. The summed E-state index contributed by atoms with van der Waals surface area (Å²) in [5, 5.41) is 7.73. The van der Waals surface area contributed by atoms with E-state index in [1.165, 1.54) is 0 Å². The van der Waals surface area contributed by atoms with Gasteiger partial charge in [-0.05, 0) is 12.5 Å². The van der Waals surface area contributed by atoms with Gasteiger partial charge in [-0.3, -0.25) is 14.9 Å². The molecule has 0 bridgehead atoms. The summed E-state index contributed by atoms with van der Waals surface area (Å²) in [6.07, 6.45) is 5.95. The van der Waals surface area contributed by atoms with Gasteiger partial charge in [0.2, 0.25) is 0 Å². The van der Waals surface area contributed by atoms with Crippen molar-refractivity contribution < 1.29 is 9.53 Å². The maximum atomic E-state index is 12.9. The van der Waals surface area contributed by atoms with Crippen LogP contribution in [0.3, 0.4) is 0 Å². The highest BCUT2D eigenvalue weighted by Crippen LogP contribution is 2.28. The zero-order chi connectivity index (χ0) is 17.2. The van der Waals surface area contributed by atoms with Crippen molar-refractivity contribution in [1.29, 1.82) is 0 Å². The molecule has 4 rings (SSSR count). The normalized spacial score (nSPS) is 20.9. The van der Waals surface area contributed by atoms with E-state index in [1.807, 2.05) is 11.0 Å². The quantitative estimate of drug-likeness (QED) is 0.904. The Morgan fingerprint density at radius 3 is 2.84 bits per heavy atom. The maximum Gasteiger partial charge on any atom is 0.257 e. The lowest BCUT2D eigenvalue weighted by Crippen LogP contribution is -2.49. The van der Waals surface area contributed by atoms with Crippen LogP contribution in [0.25, 0.3) is 0 Å². The summed E-state index contributed by atoms with van der Waals surface area (Å²) >= 11 is 6.22. The Bertz CT molecular complexity index is 751. The molecular weight excluding hydrogens is 342 g/mol. The van der Waals surface area contributed by atoms with Gasteiger partial charge in [-0.25, -0.2) is 0 Å². The molecule has 0 saturated carbocycles. The number of carbonyl (C=O) groups excluding carboxylic acids is 1. The number of amides is 1.